The van der Waals surface area contributed by atoms with Crippen LogP contribution < -0.4 is 5.32 Å². The van der Waals surface area contributed by atoms with E-state index >= 15 is 0 Å². The molecule has 1 N–H and O–H groups in total. The van der Waals surface area contributed by atoms with Crippen LogP contribution in [0.2, 0.25) is 0 Å². The molecule has 3 fully saturated rings. The van der Waals surface area contributed by atoms with Gasteiger partial charge in [-0.05, 0) is 46.5 Å². The molecule has 3 aliphatic rings. The number of carbonyl (C=O) groups excluding carboxylic acids is 3. The Hall–Kier alpha value is -1.73. The van der Waals surface area contributed by atoms with Crippen molar-refractivity contribution in [1.29, 1.82) is 0 Å². The van der Waals surface area contributed by atoms with Gasteiger partial charge in [0.15, 0.2) is 0 Å². The highest BCUT2D eigenvalue weighted by molar-refractivity contribution is 6.01. The Morgan fingerprint density at radius 1 is 1.14 bits per heavy atom. The Bertz CT molecular complexity index is 645. The van der Waals surface area contributed by atoms with E-state index in [1.54, 1.807) is 11.8 Å². The predicted octanol–water partition coefficient (Wildman–Crippen LogP) is 3.20. The van der Waals surface area contributed by atoms with Crippen LogP contribution in [0, 0.1) is 11.8 Å². The number of nitrogens with zero attached hydrogens (tertiary/aromatic N) is 2. The lowest BCUT2D eigenvalue weighted by atomic mass is 9.81. The number of fused-ring (bicyclic) bond motifs is 1. The number of rotatable bonds is 5. The minimum absolute atomic E-state index is 0.134. The molecule has 2 aliphatic carbocycles. The second-order valence-corrected chi connectivity index (χ2v) is 9.10. The van der Waals surface area contributed by atoms with Crippen LogP contribution in [-0.2, 0) is 9.59 Å². The molecule has 6 atom stereocenters. The lowest BCUT2D eigenvalue weighted by Gasteiger charge is -2.43. The molecule has 6 unspecified atom stereocenters. The maximum absolute atomic E-state index is 14.5. The minimum atomic E-state index is -1.30. The summed E-state index contributed by atoms with van der Waals surface area (Å²) in [6.07, 6.45) is 1.54. The van der Waals surface area contributed by atoms with Gasteiger partial charge in [0.25, 0.3) is 0 Å². The molecule has 8 heteroatoms. The second-order valence-electron chi connectivity index (χ2n) is 9.10. The van der Waals surface area contributed by atoms with E-state index in [9.17, 15) is 23.2 Å². The van der Waals surface area contributed by atoms with Gasteiger partial charge in [0, 0.05) is 30.5 Å². The zero-order valence-corrected chi connectivity index (χ0v) is 17.6. The summed E-state index contributed by atoms with van der Waals surface area (Å²) < 4.78 is 28.0. The van der Waals surface area contributed by atoms with E-state index in [0.29, 0.717) is 12.8 Å². The van der Waals surface area contributed by atoms with Gasteiger partial charge < -0.3 is 10.2 Å². The van der Waals surface area contributed by atoms with Crippen molar-refractivity contribution in [1.82, 2.24) is 15.1 Å². The summed E-state index contributed by atoms with van der Waals surface area (Å²) in [7, 11) is 0. The summed E-state index contributed by atoms with van der Waals surface area (Å²) in [6, 6.07) is -1.32. The van der Waals surface area contributed by atoms with E-state index in [1.807, 2.05) is 13.8 Å². The third-order valence-electron chi connectivity index (χ3n) is 6.86. The predicted molar refractivity (Wildman–Crippen MR) is 105 cm³/mol. The summed E-state index contributed by atoms with van der Waals surface area (Å²) in [5, 5.41) is 2.87. The monoisotopic (exact) mass is 413 g/mol. The van der Waals surface area contributed by atoms with Gasteiger partial charge in [0.1, 0.15) is 18.9 Å². The molecule has 1 heterocycles. The fourth-order valence-corrected chi connectivity index (χ4v) is 5.33. The summed E-state index contributed by atoms with van der Waals surface area (Å²) in [4.78, 5) is 41.0. The van der Waals surface area contributed by atoms with Crippen molar-refractivity contribution in [2.45, 2.75) is 96.2 Å². The zero-order valence-electron chi connectivity index (χ0n) is 17.6. The molecular weight excluding hydrogens is 380 g/mol. The first kappa shape index (κ1) is 22.0. The van der Waals surface area contributed by atoms with Crippen LogP contribution in [-0.4, -0.2) is 64.7 Å². The molecule has 0 aromatic rings. The van der Waals surface area contributed by atoms with Gasteiger partial charge in [-0.25, -0.2) is 13.6 Å². The maximum Gasteiger partial charge on any atom is 0.324 e. The number of carbonyl (C=O) groups is 3. The van der Waals surface area contributed by atoms with E-state index in [4.69, 9.17) is 0 Å². The lowest BCUT2D eigenvalue weighted by Crippen LogP contribution is -2.63. The van der Waals surface area contributed by atoms with E-state index < -0.39 is 30.3 Å². The van der Waals surface area contributed by atoms with Crippen molar-refractivity contribution in [2.24, 2.45) is 11.8 Å². The van der Waals surface area contributed by atoms with Gasteiger partial charge in [-0.2, -0.15) is 0 Å². The summed E-state index contributed by atoms with van der Waals surface area (Å²) in [5.41, 5.74) is 0. The molecule has 1 aliphatic heterocycles. The van der Waals surface area contributed by atoms with Crippen LogP contribution in [0.25, 0.3) is 0 Å². The summed E-state index contributed by atoms with van der Waals surface area (Å²) in [5.74, 6) is -1.37. The van der Waals surface area contributed by atoms with E-state index in [-0.39, 0.29) is 42.8 Å². The molecule has 29 heavy (non-hydrogen) atoms. The fourth-order valence-electron chi connectivity index (χ4n) is 5.33. The maximum atomic E-state index is 14.5. The first-order chi connectivity index (χ1) is 13.7. The zero-order chi connectivity index (χ0) is 21.3. The van der Waals surface area contributed by atoms with Crippen molar-refractivity contribution in [3.8, 4) is 0 Å². The quantitative estimate of drug-likeness (QED) is 0.753. The number of halogens is 2. The first-order valence-electron chi connectivity index (χ1n) is 10.9. The van der Waals surface area contributed by atoms with Crippen LogP contribution in [0.1, 0.15) is 65.7 Å². The molecular formula is C21H33F2N3O3. The minimum Gasteiger partial charge on any atom is -0.336 e. The fraction of sp³-hybridized carbons (Fsp3) is 0.857. The number of nitrogens with one attached hydrogen (secondary N) is 1. The number of amides is 4. The third-order valence-corrected chi connectivity index (χ3v) is 6.86. The van der Waals surface area contributed by atoms with Crippen LogP contribution in [0.4, 0.5) is 13.6 Å². The number of alkyl halides is 2. The van der Waals surface area contributed by atoms with Crippen LogP contribution in [0.15, 0.2) is 0 Å². The summed E-state index contributed by atoms with van der Waals surface area (Å²) >= 11 is 0. The third kappa shape index (κ3) is 4.56. The van der Waals surface area contributed by atoms with Gasteiger partial charge in [-0.3, -0.25) is 14.5 Å². The average Bonchev–Trinajstić information content (AvgIpc) is 2.64. The number of imide groups is 1. The van der Waals surface area contributed by atoms with Gasteiger partial charge in [0.05, 0.1) is 5.92 Å². The molecule has 6 nitrogen and oxygen atoms in total. The molecule has 0 radical (unpaired) electrons. The highest BCUT2D eigenvalue weighted by atomic mass is 19.1. The SMILES string of the molecule is CC(C)N(C(=O)CN1C(=O)NC2CCCCC2C1=O)C(C)C1CCC(F)CC1F. The molecule has 3 rings (SSSR count). The Labute approximate surface area is 171 Å². The van der Waals surface area contributed by atoms with Crippen molar-refractivity contribution < 1.29 is 23.2 Å². The largest absolute Gasteiger partial charge is 0.336 e. The summed E-state index contributed by atoms with van der Waals surface area (Å²) in [6.45, 7) is 5.10. The van der Waals surface area contributed by atoms with Crippen LogP contribution >= 0.6 is 0 Å². The van der Waals surface area contributed by atoms with E-state index in [2.05, 4.69) is 5.32 Å². The standard InChI is InChI=1S/C21H33F2N3O3/c1-12(2)26(13(3)15-9-8-14(22)10-17(15)23)19(27)11-25-20(28)16-6-4-5-7-18(16)24-21(25)29/h12-18H,4-11H2,1-3H3,(H,24,29). The van der Waals surface area contributed by atoms with Crippen molar-refractivity contribution in [3.63, 3.8) is 0 Å². The Morgan fingerprint density at radius 3 is 2.48 bits per heavy atom. The van der Waals surface area contributed by atoms with Crippen LogP contribution in [0.5, 0.6) is 0 Å². The first-order valence-corrected chi connectivity index (χ1v) is 10.9. The molecule has 2 saturated carbocycles. The van der Waals surface area contributed by atoms with Crippen molar-refractivity contribution in [2.75, 3.05) is 6.54 Å². The van der Waals surface area contributed by atoms with E-state index in [0.717, 1.165) is 30.6 Å². The molecule has 0 spiro atoms. The second kappa shape index (κ2) is 8.96. The van der Waals surface area contributed by atoms with Crippen molar-refractivity contribution >= 4 is 17.8 Å². The molecule has 4 amide bonds. The van der Waals surface area contributed by atoms with Gasteiger partial charge in [-0.1, -0.05) is 12.8 Å². The van der Waals surface area contributed by atoms with Gasteiger partial charge >= 0.3 is 6.03 Å². The van der Waals surface area contributed by atoms with Gasteiger partial charge in [0.2, 0.25) is 11.8 Å². The smallest absolute Gasteiger partial charge is 0.324 e. The number of urea groups is 1. The van der Waals surface area contributed by atoms with E-state index in [1.165, 1.54) is 0 Å². The Balaban J connectivity index is 1.70. The number of hydrogen-bond acceptors (Lipinski definition) is 3. The lowest BCUT2D eigenvalue weighted by molar-refractivity contribution is -0.146. The molecule has 0 aromatic heterocycles. The van der Waals surface area contributed by atoms with Gasteiger partial charge in [-0.15, -0.1) is 0 Å². The molecule has 0 aromatic carbocycles. The topological polar surface area (TPSA) is 69.7 Å². The highest BCUT2D eigenvalue weighted by Gasteiger charge is 2.44. The number of hydrogen-bond donors (Lipinski definition) is 1. The van der Waals surface area contributed by atoms with Crippen LogP contribution in [0.3, 0.4) is 0 Å². The Morgan fingerprint density at radius 2 is 1.83 bits per heavy atom. The van der Waals surface area contributed by atoms with Crippen molar-refractivity contribution in [3.05, 3.63) is 0 Å². The molecule has 1 saturated heterocycles. The molecule has 164 valence electrons. The molecule has 0 bridgehead atoms. The Kier molecular flexibility index (Phi) is 6.79. The average molecular weight is 414 g/mol. The highest BCUT2D eigenvalue weighted by Crippen LogP contribution is 2.34. The normalized spacial score (nSPS) is 33.9.